The van der Waals surface area contributed by atoms with Gasteiger partial charge in [0.2, 0.25) is 5.91 Å². The molecule has 1 aromatic heterocycles. The van der Waals surface area contributed by atoms with Gasteiger partial charge in [-0.2, -0.15) is 0 Å². The summed E-state index contributed by atoms with van der Waals surface area (Å²) < 4.78 is 2.06. The van der Waals surface area contributed by atoms with Crippen LogP contribution in [0.2, 0.25) is 0 Å². The molecule has 1 aromatic carbocycles. The monoisotopic (exact) mass is 330 g/mol. The van der Waals surface area contributed by atoms with Gasteiger partial charge in [-0.15, -0.1) is 0 Å². The first kappa shape index (κ1) is 18.0. The van der Waals surface area contributed by atoms with Crippen LogP contribution in [0.1, 0.15) is 50.5 Å². The molecule has 2 rings (SSSR count). The highest BCUT2D eigenvalue weighted by atomic mass is 16.2. The standard InChI is InChI=1S/C18H26N4O2/c1-11(2)8-15(18(24)19-5)21-17(23)13-6-7-16-14(9-13)20-10-22(16)12(3)4/h6-7,9-12,15H,8H2,1-5H3,(H,19,24)(H,21,23). The van der Waals surface area contributed by atoms with E-state index in [1.807, 2.05) is 19.9 Å². The fraction of sp³-hybridized carbons (Fsp3) is 0.500. The van der Waals surface area contributed by atoms with Crippen molar-refractivity contribution in [2.45, 2.75) is 46.2 Å². The van der Waals surface area contributed by atoms with Crippen molar-refractivity contribution < 1.29 is 9.59 Å². The molecule has 130 valence electrons. The van der Waals surface area contributed by atoms with E-state index in [-0.39, 0.29) is 11.8 Å². The van der Waals surface area contributed by atoms with E-state index in [4.69, 9.17) is 0 Å². The summed E-state index contributed by atoms with van der Waals surface area (Å²) >= 11 is 0. The maximum absolute atomic E-state index is 12.5. The second-order valence-corrected chi connectivity index (χ2v) is 6.72. The summed E-state index contributed by atoms with van der Waals surface area (Å²) in [6.07, 6.45) is 2.37. The van der Waals surface area contributed by atoms with E-state index in [1.54, 1.807) is 25.5 Å². The zero-order valence-electron chi connectivity index (χ0n) is 15.0. The van der Waals surface area contributed by atoms with Crippen molar-refractivity contribution in [1.82, 2.24) is 20.2 Å². The molecule has 0 saturated carbocycles. The predicted octanol–water partition coefficient (Wildman–Crippen LogP) is 2.51. The van der Waals surface area contributed by atoms with Gasteiger partial charge in [0.15, 0.2) is 0 Å². The molecule has 1 unspecified atom stereocenters. The van der Waals surface area contributed by atoms with Crippen LogP contribution < -0.4 is 10.6 Å². The number of amides is 2. The number of hydrogen-bond acceptors (Lipinski definition) is 3. The third-order valence-corrected chi connectivity index (χ3v) is 3.97. The van der Waals surface area contributed by atoms with E-state index < -0.39 is 6.04 Å². The molecule has 6 nitrogen and oxygen atoms in total. The molecule has 24 heavy (non-hydrogen) atoms. The number of nitrogens with zero attached hydrogens (tertiary/aromatic N) is 2. The number of aromatic nitrogens is 2. The van der Waals surface area contributed by atoms with Crippen LogP contribution in [-0.2, 0) is 4.79 Å². The van der Waals surface area contributed by atoms with Gasteiger partial charge in [-0.3, -0.25) is 9.59 Å². The van der Waals surface area contributed by atoms with Gasteiger partial charge in [0.25, 0.3) is 5.91 Å². The first-order chi connectivity index (χ1) is 11.3. The van der Waals surface area contributed by atoms with Crippen molar-refractivity contribution in [3.8, 4) is 0 Å². The quantitative estimate of drug-likeness (QED) is 0.854. The van der Waals surface area contributed by atoms with Crippen molar-refractivity contribution in [2.24, 2.45) is 5.92 Å². The Kier molecular flexibility index (Phi) is 5.59. The van der Waals surface area contributed by atoms with Crippen LogP contribution in [0.15, 0.2) is 24.5 Å². The van der Waals surface area contributed by atoms with Crippen LogP contribution in [0.4, 0.5) is 0 Å². The molecule has 0 aliphatic heterocycles. The number of rotatable bonds is 6. The summed E-state index contributed by atoms with van der Waals surface area (Å²) in [7, 11) is 1.58. The SMILES string of the molecule is CNC(=O)C(CC(C)C)NC(=O)c1ccc2c(c1)ncn2C(C)C. The normalized spacial score (nSPS) is 12.6. The van der Waals surface area contributed by atoms with Crippen molar-refractivity contribution in [1.29, 1.82) is 0 Å². The molecular weight excluding hydrogens is 304 g/mol. The van der Waals surface area contributed by atoms with Gasteiger partial charge in [0.05, 0.1) is 17.4 Å². The summed E-state index contributed by atoms with van der Waals surface area (Å²) in [5.41, 5.74) is 2.28. The molecule has 2 amide bonds. The number of nitrogens with one attached hydrogen (secondary N) is 2. The van der Waals surface area contributed by atoms with Crippen LogP contribution in [0.5, 0.6) is 0 Å². The number of carbonyl (C=O) groups excluding carboxylic acids is 2. The van der Waals surface area contributed by atoms with Crippen LogP contribution in [0.25, 0.3) is 11.0 Å². The Balaban J connectivity index is 2.22. The fourth-order valence-electron chi connectivity index (χ4n) is 2.70. The second-order valence-electron chi connectivity index (χ2n) is 6.72. The first-order valence-electron chi connectivity index (χ1n) is 8.32. The zero-order chi connectivity index (χ0) is 17.9. The summed E-state index contributed by atoms with van der Waals surface area (Å²) in [6, 6.07) is 5.20. The Morgan fingerprint density at radius 3 is 2.50 bits per heavy atom. The van der Waals surface area contributed by atoms with Gasteiger partial charge < -0.3 is 15.2 Å². The van der Waals surface area contributed by atoms with Crippen LogP contribution in [0, 0.1) is 5.92 Å². The molecule has 0 aliphatic carbocycles. The summed E-state index contributed by atoms with van der Waals surface area (Å²) in [5.74, 6) is -0.135. The van der Waals surface area contributed by atoms with Gasteiger partial charge in [0.1, 0.15) is 6.04 Å². The predicted molar refractivity (Wildman–Crippen MR) is 94.9 cm³/mol. The van der Waals surface area contributed by atoms with E-state index in [1.165, 1.54) is 0 Å². The minimum atomic E-state index is -0.536. The maximum Gasteiger partial charge on any atom is 0.252 e. The van der Waals surface area contributed by atoms with Crippen molar-refractivity contribution >= 4 is 22.8 Å². The average molecular weight is 330 g/mol. The lowest BCUT2D eigenvalue weighted by molar-refractivity contribution is -0.122. The van der Waals surface area contributed by atoms with Crippen LogP contribution in [-0.4, -0.2) is 34.5 Å². The molecule has 0 bridgehead atoms. The van der Waals surface area contributed by atoms with Crippen molar-refractivity contribution in [2.75, 3.05) is 7.05 Å². The highest BCUT2D eigenvalue weighted by Crippen LogP contribution is 2.19. The molecule has 6 heteroatoms. The average Bonchev–Trinajstić information content (AvgIpc) is 2.96. The fourth-order valence-corrected chi connectivity index (χ4v) is 2.70. The third-order valence-electron chi connectivity index (χ3n) is 3.97. The number of carbonyl (C=O) groups is 2. The van der Waals surface area contributed by atoms with E-state index in [2.05, 4.69) is 34.0 Å². The zero-order valence-corrected chi connectivity index (χ0v) is 15.0. The van der Waals surface area contributed by atoms with E-state index >= 15 is 0 Å². The number of likely N-dealkylation sites (N-methyl/N-ethyl adjacent to an activating group) is 1. The van der Waals surface area contributed by atoms with Crippen LogP contribution in [0.3, 0.4) is 0 Å². The lowest BCUT2D eigenvalue weighted by Crippen LogP contribution is -2.46. The molecule has 2 aromatic rings. The maximum atomic E-state index is 12.5. The number of hydrogen-bond donors (Lipinski definition) is 2. The molecule has 1 atom stereocenters. The molecule has 0 saturated heterocycles. The van der Waals surface area contributed by atoms with Gasteiger partial charge in [-0.05, 0) is 44.4 Å². The Labute approximate surface area is 142 Å². The topological polar surface area (TPSA) is 76.0 Å². The first-order valence-corrected chi connectivity index (χ1v) is 8.32. The Hall–Kier alpha value is -2.37. The van der Waals surface area contributed by atoms with E-state index in [0.29, 0.717) is 23.9 Å². The van der Waals surface area contributed by atoms with E-state index in [0.717, 1.165) is 11.0 Å². The Morgan fingerprint density at radius 1 is 1.21 bits per heavy atom. The molecule has 0 aliphatic rings. The largest absolute Gasteiger partial charge is 0.357 e. The number of imidazole rings is 1. The highest BCUT2D eigenvalue weighted by molar-refractivity contribution is 5.99. The summed E-state index contributed by atoms with van der Waals surface area (Å²) in [5, 5.41) is 5.43. The Bertz CT molecular complexity index is 734. The van der Waals surface area contributed by atoms with Gasteiger partial charge >= 0.3 is 0 Å². The van der Waals surface area contributed by atoms with Gasteiger partial charge in [-0.1, -0.05) is 13.8 Å². The minimum absolute atomic E-state index is 0.179. The van der Waals surface area contributed by atoms with E-state index in [9.17, 15) is 9.59 Å². The lowest BCUT2D eigenvalue weighted by Gasteiger charge is -2.19. The third kappa shape index (κ3) is 3.93. The summed E-state index contributed by atoms with van der Waals surface area (Å²) in [4.78, 5) is 28.8. The van der Waals surface area contributed by atoms with Crippen molar-refractivity contribution in [3.63, 3.8) is 0 Å². The minimum Gasteiger partial charge on any atom is -0.357 e. The molecule has 2 N–H and O–H groups in total. The lowest BCUT2D eigenvalue weighted by atomic mass is 10.0. The highest BCUT2D eigenvalue weighted by Gasteiger charge is 2.21. The van der Waals surface area contributed by atoms with Crippen LogP contribution >= 0.6 is 0 Å². The number of fused-ring (bicyclic) bond motifs is 1. The Morgan fingerprint density at radius 2 is 1.92 bits per heavy atom. The number of benzene rings is 1. The van der Waals surface area contributed by atoms with Gasteiger partial charge in [-0.25, -0.2) is 4.98 Å². The summed E-state index contributed by atoms with van der Waals surface area (Å²) in [6.45, 7) is 8.21. The molecular formula is C18H26N4O2. The smallest absolute Gasteiger partial charge is 0.252 e. The van der Waals surface area contributed by atoms with Crippen molar-refractivity contribution in [3.05, 3.63) is 30.1 Å². The second kappa shape index (κ2) is 7.47. The van der Waals surface area contributed by atoms with Gasteiger partial charge in [0, 0.05) is 18.7 Å². The molecule has 0 spiro atoms. The molecule has 1 heterocycles. The molecule has 0 radical (unpaired) electrons. The molecule has 0 fully saturated rings.